The fourth-order valence-electron chi connectivity index (χ4n) is 5.97. The number of hydrogen-bond donors (Lipinski definition) is 2. The van der Waals surface area contributed by atoms with Crippen LogP contribution in [0, 0.1) is 34.5 Å². The average molecular weight is 383 g/mol. The van der Waals surface area contributed by atoms with Gasteiger partial charge in [0.25, 0.3) is 0 Å². The summed E-state index contributed by atoms with van der Waals surface area (Å²) in [7, 11) is 0. The molecule has 1 aliphatic carbocycles. The summed E-state index contributed by atoms with van der Waals surface area (Å²) in [6, 6.07) is 0. The van der Waals surface area contributed by atoms with Crippen molar-refractivity contribution in [3.63, 3.8) is 0 Å². The van der Waals surface area contributed by atoms with Crippen molar-refractivity contribution < 1.29 is 19.8 Å². The monoisotopic (exact) mass is 382 g/mol. The van der Waals surface area contributed by atoms with Gasteiger partial charge in [-0.2, -0.15) is 0 Å². The van der Waals surface area contributed by atoms with Gasteiger partial charge in [0, 0.05) is 0 Å². The van der Waals surface area contributed by atoms with E-state index in [2.05, 4.69) is 41.5 Å². The first-order valence-corrected chi connectivity index (χ1v) is 10.9. The van der Waals surface area contributed by atoms with Crippen molar-refractivity contribution in [3.05, 3.63) is 0 Å². The fourth-order valence-corrected chi connectivity index (χ4v) is 5.97. The first kappa shape index (κ1) is 24.0. The molecule has 2 N–H and O–H groups in total. The molecule has 1 saturated carbocycles. The summed E-state index contributed by atoms with van der Waals surface area (Å²) in [5.41, 5.74) is -0.505. The maximum Gasteiger partial charge on any atom is 0.307 e. The minimum Gasteiger partial charge on any atom is -0.481 e. The molecule has 0 radical (unpaired) electrons. The number of hydrogen-bond acceptors (Lipinski definition) is 2. The Morgan fingerprint density at radius 3 is 1.85 bits per heavy atom. The molecule has 0 aromatic carbocycles. The second-order valence-electron chi connectivity index (χ2n) is 10.3. The molecule has 4 heteroatoms. The highest BCUT2D eigenvalue weighted by Gasteiger charge is 2.58. The molecule has 0 bridgehead atoms. The van der Waals surface area contributed by atoms with Gasteiger partial charge in [0.15, 0.2) is 0 Å². The van der Waals surface area contributed by atoms with Crippen LogP contribution >= 0.6 is 0 Å². The molecule has 0 amide bonds. The van der Waals surface area contributed by atoms with E-state index in [1.165, 1.54) is 0 Å². The van der Waals surface area contributed by atoms with E-state index in [0.717, 1.165) is 51.4 Å². The number of aliphatic carboxylic acids is 2. The van der Waals surface area contributed by atoms with Crippen molar-refractivity contribution in [2.45, 2.75) is 99.3 Å². The van der Waals surface area contributed by atoms with Crippen LogP contribution < -0.4 is 0 Å². The molecule has 4 nitrogen and oxygen atoms in total. The molecule has 0 heterocycles. The third-order valence-corrected chi connectivity index (χ3v) is 6.70. The predicted octanol–water partition coefficient (Wildman–Crippen LogP) is 6.24. The summed E-state index contributed by atoms with van der Waals surface area (Å²) in [6.45, 7) is 13.2. The highest BCUT2D eigenvalue weighted by atomic mass is 16.4. The summed E-state index contributed by atoms with van der Waals surface area (Å²) in [5.74, 6) is -1.32. The summed E-state index contributed by atoms with van der Waals surface area (Å²) in [6.07, 6.45) is 7.66. The zero-order valence-electron chi connectivity index (χ0n) is 18.4. The van der Waals surface area contributed by atoms with Crippen LogP contribution in [0.4, 0.5) is 0 Å². The first-order valence-electron chi connectivity index (χ1n) is 10.9. The Kier molecular flexibility index (Phi) is 8.82. The van der Waals surface area contributed by atoms with E-state index in [1.54, 1.807) is 0 Å². The maximum atomic E-state index is 12.4. The Morgan fingerprint density at radius 1 is 0.852 bits per heavy atom. The number of carbonyl (C=O) groups is 2. The Hall–Kier alpha value is -1.06. The van der Waals surface area contributed by atoms with Crippen LogP contribution in [0.2, 0.25) is 0 Å². The molecule has 1 fully saturated rings. The molecule has 0 spiro atoms. The van der Waals surface area contributed by atoms with Crippen molar-refractivity contribution in [3.8, 4) is 0 Å². The summed E-state index contributed by atoms with van der Waals surface area (Å²) >= 11 is 0. The van der Waals surface area contributed by atoms with E-state index in [1.807, 2.05) is 0 Å². The highest BCUT2D eigenvalue weighted by molar-refractivity contribution is 5.78. The number of rotatable bonds is 11. The molecular formula is C23H42O4. The molecular weight excluding hydrogens is 340 g/mol. The summed E-state index contributed by atoms with van der Waals surface area (Å²) < 4.78 is 0. The Labute approximate surface area is 166 Å². The lowest BCUT2D eigenvalue weighted by molar-refractivity contribution is -0.168. The summed E-state index contributed by atoms with van der Waals surface area (Å²) in [4.78, 5) is 24.0. The molecule has 0 aromatic heterocycles. The van der Waals surface area contributed by atoms with Crippen LogP contribution in [0.3, 0.4) is 0 Å². The second kappa shape index (κ2) is 9.93. The number of carboxylic acid groups (broad SMARTS) is 2. The van der Waals surface area contributed by atoms with Gasteiger partial charge in [-0.15, -0.1) is 0 Å². The molecule has 3 atom stereocenters. The smallest absolute Gasteiger partial charge is 0.307 e. The maximum absolute atomic E-state index is 12.4. The van der Waals surface area contributed by atoms with E-state index < -0.39 is 23.3 Å². The average Bonchev–Trinajstić information content (AvgIpc) is 2.51. The number of carboxylic acids is 2. The molecule has 158 valence electrons. The van der Waals surface area contributed by atoms with Gasteiger partial charge >= 0.3 is 11.9 Å². The van der Waals surface area contributed by atoms with Crippen LogP contribution in [0.5, 0.6) is 0 Å². The largest absolute Gasteiger partial charge is 0.481 e. The van der Waals surface area contributed by atoms with Gasteiger partial charge in [-0.3, -0.25) is 9.59 Å². The molecule has 27 heavy (non-hydrogen) atoms. The van der Waals surface area contributed by atoms with Gasteiger partial charge in [0.2, 0.25) is 0 Å². The zero-order valence-corrected chi connectivity index (χ0v) is 18.4. The first-order chi connectivity index (χ1) is 12.5. The van der Waals surface area contributed by atoms with Crippen molar-refractivity contribution in [1.29, 1.82) is 0 Å². The molecule has 0 aliphatic heterocycles. The zero-order chi connectivity index (χ0) is 20.8. The lowest BCUT2D eigenvalue weighted by atomic mass is 9.45. The molecule has 1 rings (SSSR count). The SMILES string of the molecule is CC(C)CCC1(CC(C)C)CCCCC1(CC(C)C)C(CC(=O)O)C(=O)O. The minimum absolute atomic E-state index is 0.0769. The lowest BCUT2D eigenvalue weighted by Gasteiger charge is -2.58. The van der Waals surface area contributed by atoms with Crippen molar-refractivity contribution in [1.82, 2.24) is 0 Å². The van der Waals surface area contributed by atoms with E-state index in [-0.39, 0.29) is 11.8 Å². The van der Waals surface area contributed by atoms with Crippen LogP contribution in [-0.2, 0) is 9.59 Å². The third kappa shape index (κ3) is 5.96. The van der Waals surface area contributed by atoms with E-state index in [0.29, 0.717) is 17.8 Å². The predicted molar refractivity (Wildman–Crippen MR) is 110 cm³/mol. The fraction of sp³-hybridized carbons (Fsp3) is 0.913. The Bertz CT molecular complexity index is 497. The van der Waals surface area contributed by atoms with Crippen molar-refractivity contribution in [2.75, 3.05) is 0 Å². The lowest BCUT2D eigenvalue weighted by Crippen LogP contribution is -2.53. The summed E-state index contributed by atoms with van der Waals surface area (Å²) in [5, 5.41) is 19.7. The molecule has 0 aromatic rings. The van der Waals surface area contributed by atoms with Crippen LogP contribution in [0.25, 0.3) is 0 Å². The Morgan fingerprint density at radius 2 is 1.41 bits per heavy atom. The second-order valence-corrected chi connectivity index (χ2v) is 10.3. The van der Waals surface area contributed by atoms with E-state index >= 15 is 0 Å². The van der Waals surface area contributed by atoms with Crippen molar-refractivity contribution in [2.24, 2.45) is 34.5 Å². The van der Waals surface area contributed by atoms with Crippen LogP contribution in [0.15, 0.2) is 0 Å². The normalized spacial score (nSPS) is 27.3. The highest BCUT2D eigenvalue weighted by Crippen LogP contribution is 2.63. The molecule has 3 unspecified atom stereocenters. The Balaban J connectivity index is 3.57. The van der Waals surface area contributed by atoms with Crippen LogP contribution in [0.1, 0.15) is 99.3 Å². The molecule has 1 aliphatic rings. The van der Waals surface area contributed by atoms with E-state index in [9.17, 15) is 19.8 Å². The van der Waals surface area contributed by atoms with Gasteiger partial charge in [-0.1, -0.05) is 60.8 Å². The quantitative estimate of drug-likeness (QED) is 0.444. The van der Waals surface area contributed by atoms with E-state index in [4.69, 9.17) is 0 Å². The standard InChI is InChI=1S/C23H42O4/c1-16(2)9-12-22(14-17(3)4)10-7-8-11-23(22,15-18(5)6)19(21(26)27)13-20(24)25/h16-19H,7-15H2,1-6H3,(H,24,25)(H,26,27). The van der Waals surface area contributed by atoms with Crippen LogP contribution in [-0.4, -0.2) is 22.2 Å². The van der Waals surface area contributed by atoms with Crippen molar-refractivity contribution >= 4 is 11.9 Å². The van der Waals surface area contributed by atoms with Gasteiger partial charge in [0.05, 0.1) is 12.3 Å². The minimum atomic E-state index is -0.988. The molecule has 0 saturated heterocycles. The third-order valence-electron chi connectivity index (χ3n) is 6.70. The van der Waals surface area contributed by atoms with Gasteiger partial charge in [-0.05, 0) is 60.7 Å². The topological polar surface area (TPSA) is 74.6 Å². The van der Waals surface area contributed by atoms with Gasteiger partial charge < -0.3 is 10.2 Å². The van der Waals surface area contributed by atoms with Gasteiger partial charge in [0.1, 0.15) is 0 Å². The van der Waals surface area contributed by atoms with Gasteiger partial charge in [-0.25, -0.2) is 0 Å².